The number of nitrogens with zero attached hydrogens (tertiary/aromatic N) is 3. The van der Waals surface area contributed by atoms with Crippen molar-refractivity contribution in [2.45, 2.75) is 18.9 Å². The minimum atomic E-state index is -0.397. The highest BCUT2D eigenvalue weighted by atomic mass is 79.9. The van der Waals surface area contributed by atoms with E-state index in [0.29, 0.717) is 16.3 Å². The molecule has 0 bridgehead atoms. The molecule has 1 aliphatic heterocycles. The van der Waals surface area contributed by atoms with E-state index < -0.39 is 4.92 Å². The molecule has 18 heavy (non-hydrogen) atoms. The van der Waals surface area contributed by atoms with Crippen molar-refractivity contribution >= 4 is 27.4 Å². The molecule has 0 amide bonds. The second-order valence-electron chi connectivity index (χ2n) is 4.43. The Bertz CT molecular complexity index is 449. The summed E-state index contributed by atoms with van der Waals surface area (Å²) < 4.78 is 0.616. The van der Waals surface area contributed by atoms with Crippen molar-refractivity contribution in [3.8, 4) is 0 Å². The summed E-state index contributed by atoms with van der Waals surface area (Å²) in [5.74, 6) is 0.414. The zero-order valence-electron chi connectivity index (χ0n) is 10.1. The van der Waals surface area contributed by atoms with Crippen LogP contribution in [0.25, 0.3) is 0 Å². The van der Waals surface area contributed by atoms with Crippen LogP contribution >= 0.6 is 15.9 Å². The molecule has 1 saturated heterocycles. The number of halogens is 1. The van der Waals surface area contributed by atoms with E-state index in [1.54, 1.807) is 6.20 Å². The fourth-order valence-electron chi connectivity index (χ4n) is 2.18. The zero-order valence-corrected chi connectivity index (χ0v) is 11.7. The lowest BCUT2D eigenvalue weighted by atomic mass is 10.2. The van der Waals surface area contributed by atoms with Crippen molar-refractivity contribution in [2.24, 2.45) is 0 Å². The van der Waals surface area contributed by atoms with Gasteiger partial charge < -0.3 is 10.2 Å². The van der Waals surface area contributed by atoms with E-state index in [1.165, 1.54) is 6.07 Å². The Morgan fingerprint density at radius 2 is 2.50 bits per heavy atom. The summed E-state index contributed by atoms with van der Waals surface area (Å²) in [5, 5.41) is 14.4. The zero-order chi connectivity index (χ0) is 13.1. The summed E-state index contributed by atoms with van der Waals surface area (Å²) in [5.41, 5.74) is 0.0323. The fourth-order valence-corrected chi connectivity index (χ4v) is 2.50. The second kappa shape index (κ2) is 5.62. The molecular formula is C11H15BrN4O2. The molecule has 1 aromatic heterocycles. The van der Waals surface area contributed by atoms with E-state index in [2.05, 4.69) is 26.2 Å². The minimum Gasteiger partial charge on any atom is -0.352 e. The smallest absolute Gasteiger partial charge is 0.312 e. The maximum absolute atomic E-state index is 11.0. The van der Waals surface area contributed by atoms with Crippen molar-refractivity contribution in [3.05, 3.63) is 26.9 Å². The quantitative estimate of drug-likeness (QED) is 0.679. The highest BCUT2D eigenvalue weighted by Crippen LogP contribution is 2.28. The molecule has 1 aromatic rings. The number of aromatic nitrogens is 1. The molecule has 0 spiro atoms. The Kier molecular flexibility index (Phi) is 4.13. The number of nitrogens with one attached hydrogen (secondary N) is 1. The van der Waals surface area contributed by atoms with E-state index in [-0.39, 0.29) is 5.69 Å². The maximum Gasteiger partial charge on any atom is 0.312 e. The van der Waals surface area contributed by atoms with Crippen LogP contribution in [0.1, 0.15) is 12.8 Å². The number of hydrogen-bond acceptors (Lipinski definition) is 5. The van der Waals surface area contributed by atoms with Crippen LogP contribution in [-0.4, -0.2) is 36.1 Å². The molecule has 1 unspecified atom stereocenters. The van der Waals surface area contributed by atoms with Gasteiger partial charge in [-0.05, 0) is 35.3 Å². The first-order chi connectivity index (χ1) is 8.58. The normalized spacial score (nSPS) is 18.9. The Morgan fingerprint density at radius 3 is 3.11 bits per heavy atom. The third kappa shape index (κ3) is 2.97. The predicted octanol–water partition coefficient (Wildman–Crippen LogP) is 1.94. The molecule has 0 aliphatic carbocycles. The van der Waals surface area contributed by atoms with Gasteiger partial charge in [0.15, 0.2) is 0 Å². The standard InChI is InChI=1S/C11H15BrN4O2/c1-15(7-9-3-2-4-13-9)11-10(16(17)18)5-8(12)6-14-11/h5-6,9,13H,2-4,7H2,1H3. The topological polar surface area (TPSA) is 71.3 Å². The highest BCUT2D eigenvalue weighted by molar-refractivity contribution is 9.10. The average molecular weight is 315 g/mol. The van der Waals surface area contributed by atoms with Crippen LogP contribution in [-0.2, 0) is 0 Å². The summed E-state index contributed by atoms with van der Waals surface area (Å²) in [7, 11) is 1.84. The van der Waals surface area contributed by atoms with Gasteiger partial charge in [-0.1, -0.05) is 0 Å². The highest BCUT2D eigenvalue weighted by Gasteiger charge is 2.22. The third-order valence-corrected chi connectivity index (χ3v) is 3.46. The van der Waals surface area contributed by atoms with Gasteiger partial charge in [0.25, 0.3) is 0 Å². The molecule has 0 radical (unpaired) electrons. The molecule has 6 nitrogen and oxygen atoms in total. The first-order valence-electron chi connectivity index (χ1n) is 5.82. The van der Waals surface area contributed by atoms with Crippen molar-refractivity contribution in [2.75, 3.05) is 25.0 Å². The van der Waals surface area contributed by atoms with E-state index in [4.69, 9.17) is 0 Å². The van der Waals surface area contributed by atoms with Crippen LogP contribution in [0.2, 0.25) is 0 Å². The molecule has 1 N–H and O–H groups in total. The second-order valence-corrected chi connectivity index (χ2v) is 5.34. The van der Waals surface area contributed by atoms with Crippen LogP contribution in [0.15, 0.2) is 16.7 Å². The number of nitro groups is 1. The van der Waals surface area contributed by atoms with Gasteiger partial charge in [0, 0.05) is 36.4 Å². The summed E-state index contributed by atoms with van der Waals surface area (Å²) >= 11 is 3.20. The SMILES string of the molecule is CN(CC1CCCN1)c1ncc(Br)cc1[N+](=O)[O-]. The molecular weight excluding hydrogens is 300 g/mol. The molecule has 1 atom stereocenters. The van der Waals surface area contributed by atoms with Crippen molar-refractivity contribution in [3.63, 3.8) is 0 Å². The molecule has 1 aliphatic rings. The molecule has 2 rings (SSSR count). The van der Waals surface area contributed by atoms with Crippen LogP contribution < -0.4 is 10.2 Å². The van der Waals surface area contributed by atoms with Crippen LogP contribution in [0.4, 0.5) is 11.5 Å². The Morgan fingerprint density at radius 1 is 1.72 bits per heavy atom. The Balaban J connectivity index is 2.17. The number of anilines is 1. The fraction of sp³-hybridized carbons (Fsp3) is 0.545. The molecule has 7 heteroatoms. The molecule has 0 saturated carbocycles. The van der Waals surface area contributed by atoms with Crippen molar-refractivity contribution in [1.29, 1.82) is 0 Å². The van der Waals surface area contributed by atoms with E-state index in [9.17, 15) is 10.1 Å². The van der Waals surface area contributed by atoms with Gasteiger partial charge in [-0.25, -0.2) is 4.98 Å². The van der Waals surface area contributed by atoms with Crippen LogP contribution in [0.3, 0.4) is 0 Å². The summed E-state index contributed by atoms with van der Waals surface area (Å²) in [6, 6.07) is 1.88. The van der Waals surface area contributed by atoms with Gasteiger partial charge in [0.05, 0.1) is 4.92 Å². The lowest BCUT2D eigenvalue weighted by molar-refractivity contribution is -0.384. The molecule has 2 heterocycles. The predicted molar refractivity (Wildman–Crippen MR) is 72.9 cm³/mol. The summed E-state index contributed by atoms with van der Waals surface area (Å²) in [4.78, 5) is 16.6. The number of likely N-dealkylation sites (N-methyl/N-ethyl adjacent to an activating group) is 1. The van der Waals surface area contributed by atoms with E-state index in [0.717, 1.165) is 25.9 Å². The lowest BCUT2D eigenvalue weighted by Crippen LogP contribution is -2.35. The van der Waals surface area contributed by atoms with Gasteiger partial charge in [0.2, 0.25) is 5.82 Å². The van der Waals surface area contributed by atoms with Gasteiger partial charge >= 0.3 is 5.69 Å². The van der Waals surface area contributed by atoms with Crippen molar-refractivity contribution in [1.82, 2.24) is 10.3 Å². The first-order valence-corrected chi connectivity index (χ1v) is 6.61. The molecule has 0 aromatic carbocycles. The summed E-state index contributed by atoms with van der Waals surface area (Å²) in [6.07, 6.45) is 3.85. The Hall–Kier alpha value is -1.21. The number of hydrogen-bond donors (Lipinski definition) is 1. The molecule has 1 fully saturated rings. The summed E-state index contributed by atoms with van der Waals surface area (Å²) in [6.45, 7) is 1.75. The van der Waals surface area contributed by atoms with Gasteiger partial charge in [-0.2, -0.15) is 0 Å². The van der Waals surface area contributed by atoms with Crippen molar-refractivity contribution < 1.29 is 4.92 Å². The van der Waals surface area contributed by atoms with Crippen LogP contribution in [0, 0.1) is 10.1 Å². The van der Waals surface area contributed by atoms with Gasteiger partial charge in [0.1, 0.15) is 0 Å². The van der Waals surface area contributed by atoms with Gasteiger partial charge in [-0.15, -0.1) is 0 Å². The Labute approximate surface area is 114 Å². The maximum atomic E-state index is 11.0. The third-order valence-electron chi connectivity index (χ3n) is 3.03. The average Bonchev–Trinajstić information content (AvgIpc) is 2.81. The first kappa shape index (κ1) is 13.2. The minimum absolute atomic E-state index is 0.0323. The number of pyridine rings is 1. The monoisotopic (exact) mass is 314 g/mol. The van der Waals surface area contributed by atoms with Crippen LogP contribution in [0.5, 0.6) is 0 Å². The van der Waals surface area contributed by atoms with E-state index >= 15 is 0 Å². The lowest BCUT2D eigenvalue weighted by Gasteiger charge is -2.21. The van der Waals surface area contributed by atoms with Gasteiger partial charge in [-0.3, -0.25) is 10.1 Å². The number of rotatable bonds is 4. The van der Waals surface area contributed by atoms with E-state index in [1.807, 2.05) is 11.9 Å². The molecule has 98 valence electrons. The largest absolute Gasteiger partial charge is 0.352 e.